The number of nitrogens with one attached hydrogen (secondary N) is 1. The molecular formula is C26H19ClF6N6. The number of alkyl halides is 6. The first-order valence-electron chi connectivity index (χ1n) is 11.7. The molecule has 0 saturated heterocycles. The SMILES string of the molecule is FC(F)(F)c1ccc(Nc2nc(-c3ccncc3)nc3c2CCN(c2ncccc2C(F)(F)F)CC3)cc1Cl. The zero-order valence-electron chi connectivity index (χ0n) is 20.0. The lowest BCUT2D eigenvalue weighted by Crippen LogP contribution is -2.29. The fourth-order valence-electron chi connectivity index (χ4n) is 4.37. The van der Waals surface area contributed by atoms with Crippen LogP contribution >= 0.6 is 11.6 Å². The predicted molar refractivity (Wildman–Crippen MR) is 134 cm³/mol. The van der Waals surface area contributed by atoms with Gasteiger partial charge in [0.05, 0.1) is 21.8 Å². The Bertz CT molecular complexity index is 1490. The Morgan fingerprint density at radius 2 is 1.54 bits per heavy atom. The number of hydrogen-bond acceptors (Lipinski definition) is 6. The quantitative estimate of drug-likeness (QED) is 0.270. The number of rotatable bonds is 4. The molecule has 0 amide bonds. The smallest absolute Gasteiger partial charge is 0.355 e. The van der Waals surface area contributed by atoms with Crippen LogP contribution in [0.5, 0.6) is 0 Å². The molecule has 0 bridgehead atoms. The fraction of sp³-hybridized carbons (Fsp3) is 0.231. The molecule has 39 heavy (non-hydrogen) atoms. The molecule has 0 aliphatic carbocycles. The van der Waals surface area contributed by atoms with Crippen LogP contribution in [0.4, 0.5) is 43.7 Å². The number of halogens is 7. The average Bonchev–Trinajstić information content (AvgIpc) is 3.11. The molecule has 0 atom stereocenters. The fourth-order valence-corrected chi connectivity index (χ4v) is 4.66. The first kappa shape index (κ1) is 26.7. The van der Waals surface area contributed by atoms with E-state index >= 15 is 0 Å². The van der Waals surface area contributed by atoms with Gasteiger partial charge >= 0.3 is 12.4 Å². The number of benzene rings is 1. The Labute approximate surface area is 223 Å². The van der Waals surface area contributed by atoms with Crippen molar-refractivity contribution in [1.29, 1.82) is 0 Å². The molecule has 6 nitrogen and oxygen atoms in total. The predicted octanol–water partition coefficient (Wildman–Crippen LogP) is 6.97. The van der Waals surface area contributed by atoms with Crippen molar-refractivity contribution in [3.63, 3.8) is 0 Å². The van der Waals surface area contributed by atoms with Crippen LogP contribution in [0.1, 0.15) is 22.4 Å². The first-order chi connectivity index (χ1) is 18.5. The zero-order chi connectivity index (χ0) is 27.8. The van der Waals surface area contributed by atoms with Crippen LogP contribution in [-0.2, 0) is 25.2 Å². The van der Waals surface area contributed by atoms with Gasteiger partial charge in [-0.15, -0.1) is 0 Å². The molecule has 0 radical (unpaired) electrons. The topological polar surface area (TPSA) is 66.8 Å². The lowest BCUT2D eigenvalue weighted by molar-refractivity contribution is -0.138. The molecule has 5 rings (SSSR count). The molecule has 0 unspecified atom stereocenters. The number of pyridine rings is 2. The molecular weight excluding hydrogens is 546 g/mol. The molecule has 202 valence electrons. The molecule has 0 spiro atoms. The van der Waals surface area contributed by atoms with E-state index in [1.54, 1.807) is 29.4 Å². The summed E-state index contributed by atoms with van der Waals surface area (Å²) >= 11 is 5.91. The van der Waals surface area contributed by atoms with Crippen molar-refractivity contribution in [3.05, 3.63) is 88.5 Å². The minimum Gasteiger partial charge on any atom is -0.355 e. The van der Waals surface area contributed by atoms with Gasteiger partial charge in [-0.2, -0.15) is 26.3 Å². The molecule has 1 aromatic carbocycles. The maximum absolute atomic E-state index is 13.7. The van der Waals surface area contributed by atoms with Crippen LogP contribution in [0, 0.1) is 0 Å². The number of aromatic nitrogens is 4. The largest absolute Gasteiger partial charge is 0.419 e. The van der Waals surface area contributed by atoms with Crippen molar-refractivity contribution >= 4 is 28.9 Å². The Morgan fingerprint density at radius 3 is 2.23 bits per heavy atom. The van der Waals surface area contributed by atoms with Crippen LogP contribution in [0.3, 0.4) is 0 Å². The summed E-state index contributed by atoms with van der Waals surface area (Å²) < 4.78 is 80.6. The third-order valence-corrected chi connectivity index (χ3v) is 6.52. The van der Waals surface area contributed by atoms with Crippen molar-refractivity contribution in [3.8, 4) is 11.4 Å². The molecule has 4 aromatic rings. The summed E-state index contributed by atoms with van der Waals surface area (Å²) in [4.78, 5) is 18.9. The van der Waals surface area contributed by atoms with E-state index in [1.807, 2.05) is 0 Å². The zero-order valence-corrected chi connectivity index (χ0v) is 20.7. The first-order valence-corrected chi connectivity index (χ1v) is 12.1. The summed E-state index contributed by atoms with van der Waals surface area (Å²) in [6.45, 7) is 0.402. The van der Waals surface area contributed by atoms with E-state index in [0.717, 1.165) is 18.2 Å². The standard InChI is InChI=1S/C26H19ClF6N6/c27-20-14-16(3-4-18(20)25(28,29)30)36-23-17-7-12-39(24-19(26(31,32)33)2-1-9-35-24)13-8-21(17)37-22(38-23)15-5-10-34-11-6-15/h1-6,9-11,14H,7-8,12-13H2,(H,36,37,38). The molecule has 1 aliphatic rings. The van der Waals surface area contributed by atoms with Gasteiger partial charge in [-0.25, -0.2) is 15.0 Å². The van der Waals surface area contributed by atoms with Crippen molar-refractivity contribution in [2.24, 2.45) is 0 Å². The Balaban J connectivity index is 1.53. The van der Waals surface area contributed by atoms with Crippen molar-refractivity contribution in [1.82, 2.24) is 19.9 Å². The molecule has 0 saturated carbocycles. The highest BCUT2D eigenvalue weighted by Gasteiger charge is 2.36. The summed E-state index contributed by atoms with van der Waals surface area (Å²) in [6.07, 6.45) is -4.21. The van der Waals surface area contributed by atoms with Gasteiger partial charge in [0.25, 0.3) is 0 Å². The average molecular weight is 565 g/mol. The summed E-state index contributed by atoms with van der Waals surface area (Å²) in [5.41, 5.74) is 0.337. The Kier molecular flexibility index (Phi) is 7.06. The summed E-state index contributed by atoms with van der Waals surface area (Å²) in [5, 5.41) is 2.56. The summed E-state index contributed by atoms with van der Waals surface area (Å²) in [5.74, 6) is 0.477. The molecule has 3 aromatic heterocycles. The van der Waals surface area contributed by atoms with Gasteiger partial charge in [0.1, 0.15) is 11.6 Å². The number of hydrogen-bond donors (Lipinski definition) is 1. The van der Waals surface area contributed by atoms with E-state index in [9.17, 15) is 26.3 Å². The second-order valence-corrected chi connectivity index (χ2v) is 9.14. The van der Waals surface area contributed by atoms with E-state index < -0.39 is 28.5 Å². The molecule has 1 aliphatic heterocycles. The number of fused-ring (bicyclic) bond motifs is 1. The Morgan fingerprint density at radius 1 is 0.821 bits per heavy atom. The Hall–Kier alpha value is -3.93. The number of anilines is 3. The maximum atomic E-state index is 13.7. The lowest BCUT2D eigenvalue weighted by atomic mass is 10.1. The second kappa shape index (κ2) is 10.3. The molecule has 0 fully saturated rings. The van der Waals surface area contributed by atoms with Crippen molar-refractivity contribution < 1.29 is 26.3 Å². The van der Waals surface area contributed by atoms with Crippen LogP contribution in [0.25, 0.3) is 11.4 Å². The van der Waals surface area contributed by atoms with Gasteiger partial charge in [0.15, 0.2) is 5.82 Å². The van der Waals surface area contributed by atoms with Crippen LogP contribution in [-0.4, -0.2) is 33.0 Å². The van der Waals surface area contributed by atoms with Gasteiger partial charge in [0.2, 0.25) is 0 Å². The van der Waals surface area contributed by atoms with Gasteiger partial charge in [-0.1, -0.05) is 11.6 Å². The minimum absolute atomic E-state index is 0.177. The highest BCUT2D eigenvalue weighted by atomic mass is 35.5. The normalized spacial score (nSPS) is 14.1. The molecule has 13 heteroatoms. The van der Waals surface area contributed by atoms with Crippen molar-refractivity contribution in [2.75, 3.05) is 23.3 Å². The van der Waals surface area contributed by atoms with Crippen LogP contribution < -0.4 is 10.2 Å². The highest BCUT2D eigenvalue weighted by molar-refractivity contribution is 6.31. The van der Waals surface area contributed by atoms with Gasteiger partial charge < -0.3 is 10.2 Å². The number of nitrogens with zero attached hydrogens (tertiary/aromatic N) is 5. The van der Waals surface area contributed by atoms with E-state index in [0.29, 0.717) is 28.5 Å². The molecule has 4 heterocycles. The lowest BCUT2D eigenvalue weighted by Gasteiger charge is -2.24. The second-order valence-electron chi connectivity index (χ2n) is 8.73. The van der Waals surface area contributed by atoms with E-state index in [1.165, 1.54) is 18.3 Å². The van der Waals surface area contributed by atoms with E-state index in [2.05, 4.69) is 25.3 Å². The minimum atomic E-state index is -4.61. The third-order valence-electron chi connectivity index (χ3n) is 6.21. The highest BCUT2D eigenvalue weighted by Crippen LogP contribution is 2.38. The maximum Gasteiger partial charge on any atom is 0.419 e. The van der Waals surface area contributed by atoms with Crippen LogP contribution in [0.15, 0.2) is 61.1 Å². The van der Waals surface area contributed by atoms with E-state index in [-0.39, 0.29) is 37.4 Å². The van der Waals surface area contributed by atoms with Gasteiger partial charge in [-0.3, -0.25) is 4.98 Å². The van der Waals surface area contributed by atoms with Gasteiger partial charge in [0, 0.05) is 54.9 Å². The third kappa shape index (κ3) is 5.75. The molecule has 1 N–H and O–H groups in total. The summed E-state index contributed by atoms with van der Waals surface area (Å²) in [7, 11) is 0. The summed E-state index contributed by atoms with van der Waals surface area (Å²) in [6, 6.07) is 8.89. The monoisotopic (exact) mass is 564 g/mol. The van der Waals surface area contributed by atoms with Crippen LogP contribution in [0.2, 0.25) is 5.02 Å². The van der Waals surface area contributed by atoms with Gasteiger partial charge in [-0.05, 0) is 48.9 Å². The van der Waals surface area contributed by atoms with Crippen molar-refractivity contribution in [2.45, 2.75) is 25.2 Å². The van der Waals surface area contributed by atoms with E-state index in [4.69, 9.17) is 11.6 Å².